The summed E-state index contributed by atoms with van der Waals surface area (Å²) in [5, 5.41) is 11.3. The fourth-order valence-corrected chi connectivity index (χ4v) is 5.79. The van der Waals surface area contributed by atoms with Gasteiger partial charge in [0.1, 0.15) is 5.75 Å². The molecule has 0 bridgehead atoms. The normalized spacial score (nSPS) is 20.3. The number of aliphatic hydroxyl groups excluding tert-OH is 1. The van der Waals surface area contributed by atoms with Crippen LogP contribution in [0, 0.1) is 6.04 Å². The molecular formula is C25H22F3N2O5S. The molecule has 1 fully saturated rings. The largest absolute Gasteiger partial charge is 0.573 e. The van der Waals surface area contributed by atoms with Gasteiger partial charge in [0.15, 0.2) is 11.5 Å². The Kier molecular flexibility index (Phi) is 6.31. The van der Waals surface area contributed by atoms with Crippen LogP contribution in [0.2, 0.25) is 0 Å². The second-order valence-corrected chi connectivity index (χ2v) is 10.2. The molecule has 1 saturated carbocycles. The number of benzene rings is 3. The van der Waals surface area contributed by atoms with Gasteiger partial charge in [0.2, 0.25) is 10.0 Å². The van der Waals surface area contributed by atoms with Crippen LogP contribution < -0.4 is 19.1 Å². The number of aliphatic hydroxyl groups is 1. The quantitative estimate of drug-likeness (QED) is 0.479. The van der Waals surface area contributed by atoms with Gasteiger partial charge in [0.25, 0.3) is 0 Å². The lowest BCUT2D eigenvalue weighted by molar-refractivity contribution is -0.274. The van der Waals surface area contributed by atoms with Crippen molar-refractivity contribution in [3.63, 3.8) is 0 Å². The van der Waals surface area contributed by atoms with Crippen molar-refractivity contribution < 1.29 is 36.2 Å². The summed E-state index contributed by atoms with van der Waals surface area (Å²) in [6.45, 7) is 0. The molecule has 36 heavy (non-hydrogen) atoms. The van der Waals surface area contributed by atoms with E-state index in [1.165, 1.54) is 0 Å². The molecule has 3 aromatic rings. The van der Waals surface area contributed by atoms with E-state index in [4.69, 9.17) is 4.74 Å². The van der Waals surface area contributed by atoms with E-state index < -0.39 is 34.3 Å². The number of nitrogens with one attached hydrogen (secondary N) is 1. The predicted molar refractivity (Wildman–Crippen MR) is 125 cm³/mol. The van der Waals surface area contributed by atoms with Crippen LogP contribution in [0.25, 0.3) is 0 Å². The first-order valence-electron chi connectivity index (χ1n) is 11.2. The average molecular weight is 520 g/mol. The maximum atomic E-state index is 13.0. The number of anilines is 2. The van der Waals surface area contributed by atoms with Gasteiger partial charge in [-0.25, -0.2) is 13.1 Å². The highest BCUT2D eigenvalue weighted by molar-refractivity contribution is 7.89. The number of para-hydroxylation sites is 4. The fraction of sp³-hybridized carbons (Fsp3) is 0.240. The van der Waals surface area contributed by atoms with Gasteiger partial charge in [-0.3, -0.25) is 0 Å². The molecule has 0 unspecified atom stereocenters. The summed E-state index contributed by atoms with van der Waals surface area (Å²) in [5.41, 5.74) is 1.46. The molecule has 1 aliphatic heterocycles. The Morgan fingerprint density at radius 1 is 0.944 bits per heavy atom. The number of nitrogens with zero attached hydrogens (tertiary/aromatic N) is 1. The number of hydrogen-bond acceptors (Lipinski definition) is 6. The van der Waals surface area contributed by atoms with Gasteiger partial charge < -0.3 is 19.5 Å². The number of hydrogen-bond donors (Lipinski definition) is 2. The molecule has 1 aliphatic carbocycles. The summed E-state index contributed by atoms with van der Waals surface area (Å²) >= 11 is 0. The minimum Gasteiger partial charge on any atom is -0.453 e. The Labute approximate surface area is 206 Å². The van der Waals surface area contributed by atoms with Crippen LogP contribution in [0.4, 0.5) is 24.5 Å². The van der Waals surface area contributed by atoms with Crippen molar-refractivity contribution in [1.82, 2.24) is 4.72 Å². The Bertz CT molecular complexity index is 1300. The molecule has 2 atom stereocenters. The van der Waals surface area contributed by atoms with Crippen LogP contribution in [0.1, 0.15) is 19.3 Å². The molecule has 189 valence electrons. The topological polar surface area (TPSA) is 88.1 Å². The molecule has 0 spiro atoms. The number of fused-ring (bicyclic) bond motifs is 2. The highest BCUT2D eigenvalue weighted by Crippen LogP contribution is 2.51. The number of rotatable bonds is 5. The van der Waals surface area contributed by atoms with Gasteiger partial charge in [-0.05, 0) is 67.8 Å². The van der Waals surface area contributed by atoms with E-state index in [0.29, 0.717) is 36.8 Å². The van der Waals surface area contributed by atoms with Crippen LogP contribution in [0.15, 0.2) is 77.7 Å². The maximum Gasteiger partial charge on any atom is 0.573 e. The zero-order valence-electron chi connectivity index (χ0n) is 18.8. The monoisotopic (exact) mass is 519 g/mol. The van der Waals surface area contributed by atoms with Crippen molar-refractivity contribution in [3.05, 3.63) is 78.8 Å². The number of alkyl halides is 3. The molecule has 7 nitrogen and oxygen atoms in total. The number of halogens is 3. The number of sulfonamides is 1. The first-order chi connectivity index (χ1) is 17.1. The Hall–Kier alpha value is -3.28. The van der Waals surface area contributed by atoms with Crippen molar-refractivity contribution in [2.24, 2.45) is 0 Å². The van der Waals surface area contributed by atoms with E-state index >= 15 is 0 Å². The van der Waals surface area contributed by atoms with Crippen molar-refractivity contribution in [1.29, 1.82) is 0 Å². The van der Waals surface area contributed by atoms with Crippen molar-refractivity contribution in [2.45, 2.75) is 42.7 Å². The first kappa shape index (κ1) is 24.4. The predicted octanol–water partition coefficient (Wildman–Crippen LogP) is 5.25. The van der Waals surface area contributed by atoms with E-state index in [0.717, 1.165) is 35.6 Å². The molecule has 1 heterocycles. The second-order valence-electron chi connectivity index (χ2n) is 8.45. The highest BCUT2D eigenvalue weighted by atomic mass is 32.2. The summed E-state index contributed by atoms with van der Waals surface area (Å²) in [4.78, 5) is 1.67. The fourth-order valence-electron chi connectivity index (χ4n) is 4.51. The third kappa shape index (κ3) is 4.86. The standard InChI is InChI=1S/C25H22F3N2O5S/c26-25(27,28)35-16-12-14-17(15-13-16)36(32,33)29-18-6-5-9-21(24(18)31)30-19-7-1-3-10-22(19)34-23-11-4-2-8-20(23)30/h1-4,7-8,10-15,18,24,29,31H,5-6,9H2/t18-,24+/m0/s1. The highest BCUT2D eigenvalue weighted by Gasteiger charge is 2.42. The van der Waals surface area contributed by atoms with E-state index in [1.54, 1.807) is 0 Å². The molecule has 11 heteroatoms. The zero-order chi connectivity index (χ0) is 25.5. The molecule has 0 aromatic heterocycles. The van der Waals surface area contributed by atoms with E-state index in [9.17, 15) is 26.7 Å². The van der Waals surface area contributed by atoms with Crippen molar-refractivity contribution >= 4 is 21.4 Å². The summed E-state index contributed by atoms with van der Waals surface area (Å²) < 4.78 is 75.6. The van der Waals surface area contributed by atoms with Gasteiger partial charge in [0.05, 0.1) is 34.5 Å². The maximum absolute atomic E-state index is 13.0. The summed E-state index contributed by atoms with van der Waals surface area (Å²) in [6.07, 6.45) is -4.51. The van der Waals surface area contributed by atoms with Gasteiger partial charge in [0, 0.05) is 0 Å². The van der Waals surface area contributed by atoms with Crippen molar-refractivity contribution in [2.75, 3.05) is 4.90 Å². The second kappa shape index (κ2) is 9.30. The molecule has 1 radical (unpaired) electrons. The lowest BCUT2D eigenvalue weighted by Crippen LogP contribution is -2.52. The smallest absolute Gasteiger partial charge is 0.453 e. The lowest BCUT2D eigenvalue weighted by atomic mass is 9.86. The van der Waals surface area contributed by atoms with Crippen LogP contribution >= 0.6 is 0 Å². The molecule has 0 amide bonds. The van der Waals surface area contributed by atoms with Gasteiger partial charge in [-0.15, -0.1) is 13.2 Å². The average Bonchev–Trinajstić information content (AvgIpc) is 2.83. The van der Waals surface area contributed by atoms with E-state index in [2.05, 4.69) is 9.46 Å². The van der Waals surface area contributed by atoms with Crippen LogP contribution in [0.5, 0.6) is 17.2 Å². The van der Waals surface area contributed by atoms with Gasteiger partial charge >= 0.3 is 6.36 Å². The summed E-state index contributed by atoms with van der Waals surface area (Å²) in [5.74, 6) is 0.693. The third-order valence-electron chi connectivity index (χ3n) is 6.06. The summed E-state index contributed by atoms with van der Waals surface area (Å²) in [7, 11) is -4.13. The van der Waals surface area contributed by atoms with Crippen LogP contribution in [0.3, 0.4) is 0 Å². The van der Waals surface area contributed by atoms with E-state index in [1.807, 2.05) is 53.4 Å². The summed E-state index contributed by atoms with van der Waals surface area (Å²) in [6, 6.07) is 18.4. The number of ether oxygens (including phenoxy) is 2. The Morgan fingerprint density at radius 3 is 2.11 bits per heavy atom. The van der Waals surface area contributed by atoms with E-state index in [-0.39, 0.29) is 4.90 Å². The SMILES string of the molecule is O=S(=O)(N[C@H]1CCC[C](N2c3ccccc3Oc3ccccc32)[C@@H]1O)c1ccc(OC(F)(F)F)cc1. The molecule has 0 saturated heterocycles. The van der Waals surface area contributed by atoms with Crippen molar-refractivity contribution in [3.8, 4) is 17.2 Å². The van der Waals surface area contributed by atoms with Gasteiger partial charge in [-0.2, -0.15) is 0 Å². The lowest BCUT2D eigenvalue weighted by Gasteiger charge is -2.44. The minimum absolute atomic E-state index is 0.238. The minimum atomic E-state index is -4.88. The van der Waals surface area contributed by atoms with Crippen LogP contribution in [-0.2, 0) is 10.0 Å². The molecule has 3 aromatic carbocycles. The molecule has 2 aliphatic rings. The van der Waals surface area contributed by atoms with Crippen LogP contribution in [-0.4, -0.2) is 32.0 Å². The first-order valence-corrected chi connectivity index (χ1v) is 12.7. The molecule has 2 N–H and O–H groups in total. The zero-order valence-corrected chi connectivity index (χ0v) is 19.6. The molecule has 5 rings (SSSR count). The van der Waals surface area contributed by atoms with Gasteiger partial charge in [-0.1, -0.05) is 24.3 Å². The third-order valence-corrected chi connectivity index (χ3v) is 7.57. The molecular weight excluding hydrogens is 497 g/mol. The Morgan fingerprint density at radius 2 is 1.53 bits per heavy atom. The Balaban J connectivity index is 1.39.